The smallest absolute Gasteiger partial charge is 0.338 e. The fourth-order valence-electron chi connectivity index (χ4n) is 1.74. The number of carboxylic acid groups (broad SMARTS) is 1. The van der Waals surface area contributed by atoms with Crippen molar-refractivity contribution < 1.29 is 19.0 Å². The molecule has 6 heteroatoms. The van der Waals surface area contributed by atoms with Crippen LogP contribution in [0.2, 0.25) is 0 Å². The van der Waals surface area contributed by atoms with Crippen molar-refractivity contribution in [3.63, 3.8) is 0 Å². The molecule has 0 aliphatic rings. The maximum absolute atomic E-state index is 13.4. The van der Waals surface area contributed by atoms with Gasteiger partial charge >= 0.3 is 5.97 Å². The maximum Gasteiger partial charge on any atom is 0.338 e. The number of thiazole rings is 1. The highest BCUT2D eigenvalue weighted by atomic mass is 32.1. The van der Waals surface area contributed by atoms with E-state index in [2.05, 4.69) is 4.98 Å². The number of rotatable bonds is 6. The SMILES string of the molecule is Cc1ncsc1CCOCc1ccc(C(=O)O)c(F)c1. The molecule has 0 saturated heterocycles. The van der Waals surface area contributed by atoms with Gasteiger partial charge in [-0.2, -0.15) is 0 Å². The minimum atomic E-state index is -1.27. The molecule has 0 aliphatic carbocycles. The Balaban J connectivity index is 1.84. The van der Waals surface area contributed by atoms with E-state index in [1.54, 1.807) is 22.9 Å². The lowest BCUT2D eigenvalue weighted by atomic mass is 10.1. The van der Waals surface area contributed by atoms with Crippen LogP contribution in [0.5, 0.6) is 0 Å². The molecule has 2 rings (SSSR count). The van der Waals surface area contributed by atoms with E-state index in [4.69, 9.17) is 9.84 Å². The molecule has 0 saturated carbocycles. The van der Waals surface area contributed by atoms with Crippen LogP contribution < -0.4 is 0 Å². The number of ether oxygens (including phenoxy) is 1. The standard InChI is InChI=1S/C14H14FNO3S/c1-9-13(20-8-16-9)4-5-19-7-10-2-3-11(14(17)18)12(15)6-10/h2-3,6,8H,4-5,7H2,1H3,(H,17,18). The molecule has 1 aromatic heterocycles. The number of hydrogen-bond acceptors (Lipinski definition) is 4. The summed E-state index contributed by atoms with van der Waals surface area (Å²) in [5, 5.41) is 8.73. The van der Waals surface area contributed by atoms with E-state index in [1.165, 1.54) is 17.0 Å². The van der Waals surface area contributed by atoms with Crippen LogP contribution in [0.15, 0.2) is 23.7 Å². The van der Waals surface area contributed by atoms with Gasteiger partial charge in [-0.05, 0) is 24.6 Å². The summed E-state index contributed by atoms with van der Waals surface area (Å²) in [6, 6.07) is 4.01. The van der Waals surface area contributed by atoms with Crippen molar-refractivity contribution in [2.75, 3.05) is 6.61 Å². The molecule has 0 atom stereocenters. The van der Waals surface area contributed by atoms with Crippen LogP contribution in [-0.4, -0.2) is 22.7 Å². The third-order valence-corrected chi connectivity index (χ3v) is 3.85. The van der Waals surface area contributed by atoms with Gasteiger partial charge < -0.3 is 9.84 Å². The number of nitrogens with zero attached hydrogens (tertiary/aromatic N) is 1. The highest BCUT2D eigenvalue weighted by Crippen LogP contribution is 2.14. The summed E-state index contributed by atoms with van der Waals surface area (Å²) in [5.41, 5.74) is 3.10. The second kappa shape index (κ2) is 6.58. The zero-order chi connectivity index (χ0) is 14.5. The van der Waals surface area contributed by atoms with Crippen molar-refractivity contribution in [2.24, 2.45) is 0 Å². The number of hydrogen-bond donors (Lipinski definition) is 1. The number of carboxylic acids is 1. The Hall–Kier alpha value is -1.79. The Bertz CT molecular complexity index is 612. The largest absolute Gasteiger partial charge is 0.478 e. The van der Waals surface area contributed by atoms with E-state index in [0.717, 1.165) is 12.1 Å². The summed E-state index contributed by atoms with van der Waals surface area (Å²) in [7, 11) is 0. The third-order valence-electron chi connectivity index (χ3n) is 2.85. The van der Waals surface area contributed by atoms with Crippen molar-refractivity contribution >= 4 is 17.3 Å². The summed E-state index contributed by atoms with van der Waals surface area (Å²) in [6.07, 6.45) is 0.770. The molecule has 1 heterocycles. The van der Waals surface area contributed by atoms with Crippen molar-refractivity contribution in [1.82, 2.24) is 4.98 Å². The van der Waals surface area contributed by atoms with Crippen molar-refractivity contribution in [2.45, 2.75) is 20.0 Å². The second-order valence-corrected chi connectivity index (χ2v) is 5.22. The lowest BCUT2D eigenvalue weighted by molar-refractivity contribution is 0.0691. The number of benzene rings is 1. The van der Waals surface area contributed by atoms with E-state index in [9.17, 15) is 9.18 Å². The fraction of sp³-hybridized carbons (Fsp3) is 0.286. The lowest BCUT2D eigenvalue weighted by Crippen LogP contribution is -2.03. The molecule has 0 bridgehead atoms. The van der Waals surface area contributed by atoms with Crippen LogP contribution >= 0.6 is 11.3 Å². The van der Waals surface area contributed by atoms with E-state index in [0.29, 0.717) is 12.2 Å². The molecular weight excluding hydrogens is 281 g/mol. The minimum absolute atomic E-state index is 0.259. The van der Waals surface area contributed by atoms with Crippen LogP contribution in [0, 0.1) is 12.7 Å². The minimum Gasteiger partial charge on any atom is -0.478 e. The lowest BCUT2D eigenvalue weighted by Gasteiger charge is -2.05. The molecule has 1 aromatic carbocycles. The van der Waals surface area contributed by atoms with E-state index in [1.807, 2.05) is 6.92 Å². The molecule has 1 N–H and O–H groups in total. The predicted molar refractivity (Wildman–Crippen MR) is 73.6 cm³/mol. The van der Waals surface area contributed by atoms with Gasteiger partial charge in [0.2, 0.25) is 0 Å². The van der Waals surface area contributed by atoms with Crippen molar-refractivity contribution in [3.05, 3.63) is 51.2 Å². The van der Waals surface area contributed by atoms with Gasteiger partial charge in [-0.15, -0.1) is 11.3 Å². The number of halogens is 1. The zero-order valence-electron chi connectivity index (χ0n) is 10.9. The number of carbonyl (C=O) groups is 1. The highest BCUT2D eigenvalue weighted by Gasteiger charge is 2.10. The predicted octanol–water partition coefficient (Wildman–Crippen LogP) is 3.05. The maximum atomic E-state index is 13.4. The van der Waals surface area contributed by atoms with Gasteiger partial charge in [-0.25, -0.2) is 14.2 Å². The summed E-state index contributed by atoms with van der Waals surface area (Å²) >= 11 is 1.59. The topological polar surface area (TPSA) is 59.4 Å². The first-order chi connectivity index (χ1) is 9.58. The van der Waals surface area contributed by atoms with Crippen LogP contribution in [0.1, 0.15) is 26.5 Å². The van der Waals surface area contributed by atoms with E-state index < -0.39 is 11.8 Å². The molecule has 20 heavy (non-hydrogen) atoms. The Morgan fingerprint density at radius 1 is 1.50 bits per heavy atom. The highest BCUT2D eigenvalue weighted by molar-refractivity contribution is 7.09. The van der Waals surface area contributed by atoms with E-state index >= 15 is 0 Å². The summed E-state index contributed by atoms with van der Waals surface area (Å²) in [5.74, 6) is -2.01. The molecule has 4 nitrogen and oxygen atoms in total. The number of aromatic nitrogens is 1. The molecule has 0 amide bonds. The molecule has 0 radical (unpaired) electrons. The Kier molecular flexibility index (Phi) is 4.81. The Labute approximate surface area is 119 Å². The first-order valence-electron chi connectivity index (χ1n) is 6.06. The molecule has 0 aliphatic heterocycles. The first kappa shape index (κ1) is 14.6. The monoisotopic (exact) mass is 295 g/mol. The van der Waals surface area contributed by atoms with Crippen LogP contribution in [0.3, 0.4) is 0 Å². The van der Waals surface area contributed by atoms with Crippen molar-refractivity contribution in [3.8, 4) is 0 Å². The number of aryl methyl sites for hydroxylation is 1. The van der Waals surface area contributed by atoms with Crippen LogP contribution in [-0.2, 0) is 17.8 Å². The second-order valence-electron chi connectivity index (χ2n) is 4.28. The Morgan fingerprint density at radius 2 is 2.30 bits per heavy atom. The summed E-state index contributed by atoms with van der Waals surface area (Å²) in [4.78, 5) is 16.0. The van der Waals surface area contributed by atoms with Gasteiger partial charge in [0.15, 0.2) is 0 Å². The molecule has 0 spiro atoms. The Morgan fingerprint density at radius 3 is 2.90 bits per heavy atom. The third kappa shape index (κ3) is 3.61. The quantitative estimate of drug-likeness (QED) is 0.832. The molecular formula is C14H14FNO3S. The van der Waals surface area contributed by atoms with Crippen LogP contribution in [0.4, 0.5) is 4.39 Å². The zero-order valence-corrected chi connectivity index (χ0v) is 11.7. The summed E-state index contributed by atoms with van der Waals surface area (Å²) < 4.78 is 18.9. The molecule has 0 fully saturated rings. The number of aromatic carboxylic acids is 1. The molecule has 2 aromatic rings. The van der Waals surface area contributed by atoms with Gasteiger partial charge in [0.1, 0.15) is 5.82 Å². The molecule has 0 unspecified atom stereocenters. The fourth-order valence-corrected chi connectivity index (χ4v) is 2.51. The van der Waals surface area contributed by atoms with Gasteiger partial charge in [0, 0.05) is 11.3 Å². The van der Waals surface area contributed by atoms with Gasteiger partial charge in [-0.3, -0.25) is 0 Å². The average molecular weight is 295 g/mol. The average Bonchev–Trinajstić information content (AvgIpc) is 2.80. The molecule has 106 valence electrons. The van der Waals surface area contributed by atoms with Crippen molar-refractivity contribution in [1.29, 1.82) is 0 Å². The van der Waals surface area contributed by atoms with Gasteiger partial charge in [0.05, 0.1) is 30.0 Å². The van der Waals surface area contributed by atoms with Gasteiger partial charge in [-0.1, -0.05) is 6.07 Å². The normalized spacial score (nSPS) is 10.7. The first-order valence-corrected chi connectivity index (χ1v) is 6.94. The van der Waals surface area contributed by atoms with Gasteiger partial charge in [0.25, 0.3) is 0 Å². The van der Waals surface area contributed by atoms with Crippen LogP contribution in [0.25, 0.3) is 0 Å². The van der Waals surface area contributed by atoms with E-state index in [-0.39, 0.29) is 12.2 Å². The summed E-state index contributed by atoms with van der Waals surface area (Å²) in [6.45, 7) is 2.73.